The number of hydrogen-bond donors (Lipinski definition) is 1. The Morgan fingerprint density at radius 3 is 2.57 bits per heavy atom. The fourth-order valence-corrected chi connectivity index (χ4v) is 4.90. The molecule has 2 aliphatic rings. The first-order valence-corrected chi connectivity index (χ1v) is 8.60. The molecule has 0 spiro atoms. The number of carbonyl (C=O) groups excluding carboxylic acids is 2. The molecule has 3 atom stereocenters. The summed E-state index contributed by atoms with van der Waals surface area (Å²) in [7, 11) is 0. The van der Waals surface area contributed by atoms with Crippen molar-refractivity contribution in [1.82, 2.24) is 0 Å². The van der Waals surface area contributed by atoms with Gasteiger partial charge in [0.15, 0.2) is 5.78 Å². The van der Waals surface area contributed by atoms with Gasteiger partial charge in [-0.2, -0.15) is 0 Å². The van der Waals surface area contributed by atoms with Crippen LogP contribution in [0, 0.1) is 11.3 Å². The van der Waals surface area contributed by atoms with Crippen LogP contribution in [0.2, 0.25) is 0 Å². The van der Waals surface area contributed by atoms with Crippen LogP contribution in [0.4, 0.5) is 0 Å². The number of hydrogen-bond acceptors (Lipinski definition) is 3. The van der Waals surface area contributed by atoms with Crippen molar-refractivity contribution in [1.29, 1.82) is 0 Å². The maximum atomic E-state index is 12.8. The first-order chi connectivity index (χ1) is 10.7. The number of aldehydes is 1. The van der Waals surface area contributed by atoms with Crippen LogP contribution < -0.4 is 0 Å². The average Bonchev–Trinajstić information content (AvgIpc) is 2.49. The molecule has 1 aromatic carbocycles. The van der Waals surface area contributed by atoms with Gasteiger partial charge in [-0.25, -0.2) is 0 Å². The number of carbonyl (C=O) groups is 2. The van der Waals surface area contributed by atoms with Crippen molar-refractivity contribution in [3.8, 4) is 5.75 Å². The van der Waals surface area contributed by atoms with Crippen LogP contribution in [0.5, 0.6) is 5.75 Å². The van der Waals surface area contributed by atoms with Gasteiger partial charge in [0.05, 0.1) is 0 Å². The molecule has 23 heavy (non-hydrogen) atoms. The molecule has 3 rings (SSSR count). The molecule has 0 unspecified atom stereocenters. The summed E-state index contributed by atoms with van der Waals surface area (Å²) in [6, 6.07) is 3.68. The van der Waals surface area contributed by atoms with E-state index in [1.807, 2.05) is 26.8 Å². The minimum atomic E-state index is -0.452. The third kappa shape index (κ3) is 2.24. The van der Waals surface area contributed by atoms with E-state index < -0.39 is 5.41 Å². The first kappa shape index (κ1) is 16.2. The van der Waals surface area contributed by atoms with Crippen molar-refractivity contribution in [2.45, 2.75) is 64.7 Å². The molecule has 3 heteroatoms. The molecule has 2 aliphatic carbocycles. The van der Waals surface area contributed by atoms with E-state index in [0.29, 0.717) is 6.42 Å². The Labute approximate surface area is 138 Å². The third-order valence-corrected chi connectivity index (χ3v) is 6.34. The molecule has 3 nitrogen and oxygen atoms in total. The van der Waals surface area contributed by atoms with Crippen LogP contribution in [-0.2, 0) is 10.2 Å². The van der Waals surface area contributed by atoms with Gasteiger partial charge in [0.25, 0.3) is 0 Å². The molecule has 124 valence electrons. The highest BCUT2D eigenvalue weighted by Gasteiger charge is 2.53. The van der Waals surface area contributed by atoms with Gasteiger partial charge in [0.2, 0.25) is 0 Å². The SMILES string of the molecule is CC(C)c1cc2c(cc1O)[C@@]1(C)CCC[C@@](C)(C=O)[C@@H]1CC2=O. The van der Waals surface area contributed by atoms with E-state index in [9.17, 15) is 14.7 Å². The third-order valence-electron chi connectivity index (χ3n) is 6.34. The van der Waals surface area contributed by atoms with E-state index in [-0.39, 0.29) is 28.8 Å². The number of phenolic OH excluding ortho intramolecular Hbond substituents is 1. The van der Waals surface area contributed by atoms with Crippen LogP contribution in [0.1, 0.15) is 80.8 Å². The molecule has 0 heterocycles. The number of aromatic hydroxyl groups is 1. The van der Waals surface area contributed by atoms with Gasteiger partial charge in [-0.3, -0.25) is 4.79 Å². The van der Waals surface area contributed by atoms with E-state index >= 15 is 0 Å². The fourth-order valence-electron chi connectivity index (χ4n) is 4.90. The summed E-state index contributed by atoms with van der Waals surface area (Å²) in [4.78, 5) is 24.5. The predicted octanol–water partition coefficient (Wildman–Crippen LogP) is 4.37. The molecule has 0 saturated heterocycles. The Morgan fingerprint density at radius 1 is 1.26 bits per heavy atom. The largest absolute Gasteiger partial charge is 0.508 e. The molecule has 0 aliphatic heterocycles. The second-order valence-electron chi connectivity index (χ2n) is 8.19. The van der Waals surface area contributed by atoms with E-state index in [4.69, 9.17) is 0 Å². The Hall–Kier alpha value is -1.64. The van der Waals surface area contributed by atoms with Crippen molar-refractivity contribution in [3.63, 3.8) is 0 Å². The van der Waals surface area contributed by atoms with Gasteiger partial charge in [-0.1, -0.05) is 34.1 Å². The Morgan fingerprint density at radius 2 is 1.96 bits per heavy atom. The van der Waals surface area contributed by atoms with Crippen molar-refractivity contribution < 1.29 is 14.7 Å². The van der Waals surface area contributed by atoms with Gasteiger partial charge in [-0.15, -0.1) is 0 Å². The zero-order valence-corrected chi connectivity index (χ0v) is 14.5. The lowest BCUT2D eigenvalue weighted by molar-refractivity contribution is -0.122. The zero-order chi connectivity index (χ0) is 17.0. The summed E-state index contributed by atoms with van der Waals surface area (Å²) >= 11 is 0. The molecular formula is C20H26O3. The minimum Gasteiger partial charge on any atom is -0.508 e. The van der Waals surface area contributed by atoms with Gasteiger partial charge in [-0.05, 0) is 53.4 Å². The quantitative estimate of drug-likeness (QED) is 0.825. The van der Waals surface area contributed by atoms with Crippen molar-refractivity contribution in [3.05, 3.63) is 28.8 Å². The second-order valence-corrected chi connectivity index (χ2v) is 8.19. The topological polar surface area (TPSA) is 54.4 Å². The molecule has 1 fully saturated rings. The van der Waals surface area contributed by atoms with E-state index in [0.717, 1.165) is 42.2 Å². The van der Waals surface area contributed by atoms with Crippen LogP contribution in [-0.4, -0.2) is 17.2 Å². The number of rotatable bonds is 2. The predicted molar refractivity (Wildman–Crippen MR) is 90.0 cm³/mol. The molecule has 0 radical (unpaired) electrons. The lowest BCUT2D eigenvalue weighted by atomic mass is 9.50. The number of ketones is 1. The highest BCUT2D eigenvalue weighted by atomic mass is 16.3. The standard InChI is InChI=1S/C20H26O3/c1-12(2)13-8-14-15(9-16(13)22)20(4)7-5-6-19(3,11-21)18(20)10-17(14)23/h8-9,11-12,18,22H,5-7,10H2,1-4H3/t18-,19-,20+/m0/s1. The summed E-state index contributed by atoms with van der Waals surface area (Å²) in [5, 5.41) is 10.4. The number of fused-ring (bicyclic) bond motifs is 3. The van der Waals surface area contributed by atoms with Gasteiger partial charge < -0.3 is 9.90 Å². The highest BCUT2D eigenvalue weighted by Crippen LogP contribution is 2.57. The summed E-state index contributed by atoms with van der Waals surface area (Å²) in [6.07, 6.45) is 4.26. The average molecular weight is 314 g/mol. The Bertz CT molecular complexity index is 676. The summed E-state index contributed by atoms with van der Waals surface area (Å²) < 4.78 is 0. The van der Waals surface area contributed by atoms with Crippen LogP contribution >= 0.6 is 0 Å². The first-order valence-electron chi connectivity index (χ1n) is 8.60. The lowest BCUT2D eigenvalue weighted by Gasteiger charge is -2.53. The van der Waals surface area contributed by atoms with Crippen LogP contribution in [0.25, 0.3) is 0 Å². The van der Waals surface area contributed by atoms with E-state index in [1.165, 1.54) is 0 Å². The highest BCUT2D eigenvalue weighted by molar-refractivity contribution is 6.00. The second kappa shape index (κ2) is 5.19. The maximum Gasteiger partial charge on any atom is 0.163 e. The smallest absolute Gasteiger partial charge is 0.163 e. The molecular weight excluding hydrogens is 288 g/mol. The van der Waals surface area contributed by atoms with Gasteiger partial charge >= 0.3 is 0 Å². The molecule has 1 N–H and O–H groups in total. The molecule has 0 amide bonds. The minimum absolute atomic E-state index is 0.0190. The normalized spacial score (nSPS) is 33.3. The zero-order valence-electron chi connectivity index (χ0n) is 14.5. The lowest BCUT2D eigenvalue weighted by Crippen LogP contribution is -2.51. The van der Waals surface area contributed by atoms with E-state index in [1.54, 1.807) is 6.07 Å². The molecule has 1 saturated carbocycles. The fraction of sp³-hybridized carbons (Fsp3) is 0.600. The monoisotopic (exact) mass is 314 g/mol. The molecule has 0 bridgehead atoms. The van der Waals surface area contributed by atoms with Crippen molar-refractivity contribution in [2.24, 2.45) is 11.3 Å². The van der Waals surface area contributed by atoms with Crippen molar-refractivity contribution >= 4 is 12.1 Å². The Balaban J connectivity index is 2.21. The summed E-state index contributed by atoms with van der Waals surface area (Å²) in [5.74, 6) is 0.571. The van der Waals surface area contributed by atoms with Crippen LogP contribution in [0.15, 0.2) is 12.1 Å². The molecule has 0 aromatic heterocycles. The maximum absolute atomic E-state index is 12.8. The summed E-state index contributed by atoms with van der Waals surface area (Å²) in [5.41, 5.74) is 1.85. The summed E-state index contributed by atoms with van der Waals surface area (Å²) in [6.45, 7) is 8.19. The van der Waals surface area contributed by atoms with E-state index in [2.05, 4.69) is 6.92 Å². The number of phenols is 1. The van der Waals surface area contributed by atoms with Gasteiger partial charge in [0, 0.05) is 17.4 Å². The van der Waals surface area contributed by atoms with Crippen LogP contribution in [0.3, 0.4) is 0 Å². The van der Waals surface area contributed by atoms with Gasteiger partial charge in [0.1, 0.15) is 12.0 Å². The molecule has 1 aromatic rings. The Kier molecular flexibility index (Phi) is 3.66. The number of benzene rings is 1. The number of Topliss-reactive ketones (excluding diaryl/α,β-unsaturated/α-hetero) is 1. The van der Waals surface area contributed by atoms with Crippen molar-refractivity contribution in [2.75, 3.05) is 0 Å².